The van der Waals surface area contributed by atoms with Crippen LogP contribution in [0, 0.1) is 5.92 Å². The number of benzene rings is 2. The number of aromatic hydroxyl groups is 1. The van der Waals surface area contributed by atoms with Gasteiger partial charge >= 0.3 is 11.9 Å². The van der Waals surface area contributed by atoms with E-state index in [0.717, 1.165) is 25.7 Å². The molecule has 2 aromatic rings. The van der Waals surface area contributed by atoms with Crippen molar-refractivity contribution in [2.45, 2.75) is 37.5 Å². The second kappa shape index (κ2) is 10.6. The third-order valence-corrected chi connectivity index (χ3v) is 7.60. The fourth-order valence-electron chi connectivity index (χ4n) is 3.61. The summed E-state index contributed by atoms with van der Waals surface area (Å²) >= 11 is 12.5. The third kappa shape index (κ3) is 6.31. The van der Waals surface area contributed by atoms with Crippen molar-refractivity contribution in [3.63, 3.8) is 0 Å². The van der Waals surface area contributed by atoms with Gasteiger partial charge in [0.15, 0.2) is 15.6 Å². The Labute approximate surface area is 201 Å². The van der Waals surface area contributed by atoms with Crippen LogP contribution in [-0.2, 0) is 24.2 Å². The van der Waals surface area contributed by atoms with Crippen molar-refractivity contribution >= 4 is 50.6 Å². The fraction of sp³-hybridized carbons (Fsp3) is 0.364. The first-order chi connectivity index (χ1) is 15.6. The summed E-state index contributed by atoms with van der Waals surface area (Å²) < 4.78 is 36.0. The number of halogens is 2. The number of sulfone groups is 1. The summed E-state index contributed by atoms with van der Waals surface area (Å²) in [6.07, 6.45) is 3.70. The summed E-state index contributed by atoms with van der Waals surface area (Å²) in [5.74, 6) is -2.27. The van der Waals surface area contributed by atoms with Gasteiger partial charge in [-0.3, -0.25) is 4.79 Å². The highest BCUT2D eigenvalue weighted by atomic mass is 35.5. The van der Waals surface area contributed by atoms with Gasteiger partial charge in [-0.25, -0.2) is 13.2 Å². The standard InChI is InChI=1S/C22H23Cl2NO7S/c1-2-31-22(28)21(27)25-14-9-16(23)20(17(24)10-14)32-15-7-8-18(26)19(11-15)33(29,30)12-13-5-3-4-6-13/h7-11,13,26H,2-6,12H2,1H3,(H,25,27). The van der Waals surface area contributed by atoms with Gasteiger partial charge in [-0.15, -0.1) is 0 Å². The highest BCUT2D eigenvalue weighted by Crippen LogP contribution is 2.40. The summed E-state index contributed by atoms with van der Waals surface area (Å²) in [6, 6.07) is 6.47. The fourth-order valence-corrected chi connectivity index (χ4v) is 5.99. The van der Waals surface area contributed by atoms with Crippen LogP contribution in [0.4, 0.5) is 5.69 Å². The Kier molecular flexibility index (Phi) is 8.10. The second-order valence-electron chi connectivity index (χ2n) is 7.61. The van der Waals surface area contributed by atoms with E-state index in [-0.39, 0.29) is 56.2 Å². The molecule has 0 atom stereocenters. The number of rotatable bonds is 7. The number of carbonyl (C=O) groups is 2. The van der Waals surface area contributed by atoms with Gasteiger partial charge in [0.25, 0.3) is 0 Å². The first-order valence-electron chi connectivity index (χ1n) is 10.3. The number of phenols is 1. The first kappa shape index (κ1) is 25.1. The summed E-state index contributed by atoms with van der Waals surface area (Å²) in [4.78, 5) is 23.1. The number of nitrogens with one attached hydrogen (secondary N) is 1. The van der Waals surface area contributed by atoms with Crippen LogP contribution in [0.25, 0.3) is 0 Å². The number of hydrogen-bond donors (Lipinski definition) is 2. The number of phenolic OH excluding ortho intramolecular Hbond substituents is 1. The average Bonchev–Trinajstić information content (AvgIpc) is 3.24. The Morgan fingerprint density at radius 1 is 1.12 bits per heavy atom. The Balaban J connectivity index is 1.81. The predicted octanol–water partition coefficient (Wildman–Crippen LogP) is 4.96. The van der Waals surface area contributed by atoms with Crippen LogP contribution in [0.2, 0.25) is 10.0 Å². The van der Waals surface area contributed by atoms with Crippen LogP contribution in [0.3, 0.4) is 0 Å². The maximum atomic E-state index is 12.9. The smallest absolute Gasteiger partial charge is 0.397 e. The SMILES string of the molecule is CCOC(=O)C(=O)Nc1cc(Cl)c(Oc2ccc(O)c(S(=O)(=O)CC3CCCC3)c2)c(Cl)c1. The second-order valence-corrected chi connectivity index (χ2v) is 10.4. The van der Waals surface area contributed by atoms with Gasteiger partial charge < -0.3 is 19.9 Å². The van der Waals surface area contributed by atoms with E-state index in [1.165, 1.54) is 30.3 Å². The largest absolute Gasteiger partial charge is 0.507 e. The molecule has 3 rings (SSSR count). The Bertz CT molecular complexity index is 1140. The van der Waals surface area contributed by atoms with E-state index >= 15 is 0 Å². The van der Waals surface area contributed by atoms with Crippen molar-refractivity contribution in [1.29, 1.82) is 0 Å². The lowest BCUT2D eigenvalue weighted by molar-refractivity contribution is -0.152. The van der Waals surface area contributed by atoms with Crippen LogP contribution in [0.1, 0.15) is 32.6 Å². The quantitative estimate of drug-likeness (QED) is 0.395. The molecule has 0 radical (unpaired) electrons. The van der Waals surface area contributed by atoms with Crippen molar-refractivity contribution < 1.29 is 32.6 Å². The molecule has 1 amide bonds. The highest BCUT2D eigenvalue weighted by Gasteiger charge is 2.27. The van der Waals surface area contributed by atoms with Crippen LogP contribution in [0.15, 0.2) is 35.2 Å². The zero-order chi connectivity index (χ0) is 24.2. The van der Waals surface area contributed by atoms with Crippen molar-refractivity contribution in [3.8, 4) is 17.2 Å². The Hall–Kier alpha value is -2.49. The lowest BCUT2D eigenvalue weighted by Gasteiger charge is -2.15. The molecule has 0 aliphatic heterocycles. The topological polar surface area (TPSA) is 119 Å². The van der Waals surface area contributed by atoms with Gasteiger partial charge in [0.2, 0.25) is 0 Å². The number of esters is 1. The maximum Gasteiger partial charge on any atom is 0.397 e. The summed E-state index contributed by atoms with van der Waals surface area (Å²) in [5.41, 5.74) is 0.140. The molecular weight excluding hydrogens is 493 g/mol. The summed E-state index contributed by atoms with van der Waals surface area (Å²) in [5, 5.41) is 12.5. The van der Waals surface area contributed by atoms with Crippen LogP contribution >= 0.6 is 23.2 Å². The van der Waals surface area contributed by atoms with E-state index in [1.807, 2.05) is 0 Å². The average molecular weight is 516 g/mol. The van der Waals surface area contributed by atoms with E-state index in [9.17, 15) is 23.1 Å². The minimum Gasteiger partial charge on any atom is -0.507 e. The van der Waals surface area contributed by atoms with E-state index in [0.29, 0.717) is 0 Å². The van der Waals surface area contributed by atoms with Gasteiger partial charge in [-0.2, -0.15) is 0 Å². The zero-order valence-electron chi connectivity index (χ0n) is 17.8. The van der Waals surface area contributed by atoms with Gasteiger partial charge in [-0.1, -0.05) is 36.0 Å². The van der Waals surface area contributed by atoms with Crippen molar-refractivity contribution in [2.75, 3.05) is 17.7 Å². The molecule has 8 nitrogen and oxygen atoms in total. The molecule has 0 spiro atoms. The van der Waals surface area contributed by atoms with E-state index in [4.69, 9.17) is 27.9 Å². The maximum absolute atomic E-state index is 12.9. The number of ether oxygens (including phenoxy) is 2. The van der Waals surface area contributed by atoms with Gasteiger partial charge in [0.05, 0.1) is 22.4 Å². The molecule has 0 aromatic heterocycles. The van der Waals surface area contributed by atoms with E-state index in [2.05, 4.69) is 10.1 Å². The molecule has 0 saturated heterocycles. The molecule has 178 valence electrons. The highest BCUT2D eigenvalue weighted by molar-refractivity contribution is 7.91. The zero-order valence-corrected chi connectivity index (χ0v) is 20.1. The van der Waals surface area contributed by atoms with E-state index < -0.39 is 21.7 Å². The molecule has 2 N–H and O–H groups in total. The number of amides is 1. The van der Waals surface area contributed by atoms with E-state index in [1.54, 1.807) is 6.92 Å². The van der Waals surface area contributed by atoms with Crippen molar-refractivity contribution in [3.05, 3.63) is 40.4 Å². The first-order valence-corrected chi connectivity index (χ1v) is 12.7. The van der Waals surface area contributed by atoms with Gasteiger partial charge in [-0.05, 0) is 49.9 Å². The molecule has 1 saturated carbocycles. The molecule has 0 unspecified atom stereocenters. The Morgan fingerprint density at radius 3 is 2.36 bits per heavy atom. The normalized spacial score (nSPS) is 14.2. The minimum absolute atomic E-state index is 0.00472. The molecule has 1 aliphatic rings. The lowest BCUT2D eigenvalue weighted by atomic mass is 10.1. The van der Waals surface area contributed by atoms with Gasteiger partial charge in [0, 0.05) is 11.8 Å². The third-order valence-electron chi connectivity index (χ3n) is 5.13. The van der Waals surface area contributed by atoms with Crippen LogP contribution < -0.4 is 10.1 Å². The molecule has 2 aromatic carbocycles. The minimum atomic E-state index is -3.73. The molecule has 0 bridgehead atoms. The van der Waals surface area contributed by atoms with Gasteiger partial charge in [0.1, 0.15) is 16.4 Å². The predicted molar refractivity (Wildman–Crippen MR) is 124 cm³/mol. The summed E-state index contributed by atoms with van der Waals surface area (Å²) in [7, 11) is -3.73. The molecule has 1 aliphatic carbocycles. The van der Waals surface area contributed by atoms with Crippen molar-refractivity contribution in [1.82, 2.24) is 0 Å². The van der Waals surface area contributed by atoms with Crippen LogP contribution in [0.5, 0.6) is 17.2 Å². The summed E-state index contributed by atoms with van der Waals surface area (Å²) in [6.45, 7) is 1.62. The lowest BCUT2D eigenvalue weighted by Crippen LogP contribution is -2.24. The number of hydrogen-bond acceptors (Lipinski definition) is 7. The molecule has 33 heavy (non-hydrogen) atoms. The Morgan fingerprint density at radius 2 is 1.76 bits per heavy atom. The van der Waals surface area contributed by atoms with Crippen molar-refractivity contribution in [2.24, 2.45) is 5.92 Å². The van der Waals surface area contributed by atoms with Crippen LogP contribution in [-0.4, -0.2) is 37.8 Å². The number of carbonyl (C=O) groups excluding carboxylic acids is 2. The molecule has 1 fully saturated rings. The molecular formula is C22H23Cl2NO7S. The number of anilines is 1. The monoisotopic (exact) mass is 515 g/mol. The molecule has 0 heterocycles. The molecule has 11 heteroatoms.